The third-order valence-corrected chi connectivity index (χ3v) is 8.43. The summed E-state index contributed by atoms with van der Waals surface area (Å²) in [6, 6.07) is 8.76. The summed E-state index contributed by atoms with van der Waals surface area (Å²) in [7, 11) is 3.07. The molecule has 0 saturated carbocycles. The average molecular weight is 588 g/mol. The summed E-state index contributed by atoms with van der Waals surface area (Å²) in [6.07, 6.45) is 5.65. The van der Waals surface area contributed by atoms with Crippen LogP contribution in [0.3, 0.4) is 0 Å². The number of methoxy groups -OCH3 is 2. The molecule has 5 rings (SSSR count). The maximum atomic E-state index is 6.44. The Hall–Kier alpha value is -2.98. The van der Waals surface area contributed by atoms with Crippen LogP contribution in [0.4, 0.5) is 17.3 Å². The number of nitrogens with one attached hydrogen (secondary N) is 2. The SMILES string of the molecule is COc1cc(OC)c(Cl)c(COc2cnc(Nc3ccc(N4CCC(N5CCNCC5)CC4)c(C)c3)nc2)c1Cl. The van der Waals surface area contributed by atoms with Crippen molar-refractivity contribution in [3.63, 3.8) is 0 Å². The highest BCUT2D eigenvalue weighted by Gasteiger charge is 2.26. The van der Waals surface area contributed by atoms with Crippen molar-refractivity contribution in [2.24, 2.45) is 0 Å². The van der Waals surface area contributed by atoms with Gasteiger partial charge < -0.3 is 29.7 Å². The number of hydrogen-bond donors (Lipinski definition) is 2. The Labute approximate surface area is 245 Å². The number of halogens is 2. The van der Waals surface area contributed by atoms with Gasteiger partial charge in [0.15, 0.2) is 5.75 Å². The molecule has 0 atom stereocenters. The molecule has 3 aromatic rings. The highest BCUT2D eigenvalue weighted by molar-refractivity contribution is 6.37. The quantitative estimate of drug-likeness (QED) is 0.346. The molecular formula is C29H36Cl2N6O3. The fraction of sp³-hybridized carbons (Fsp3) is 0.448. The molecule has 11 heteroatoms. The van der Waals surface area contributed by atoms with Crippen molar-refractivity contribution in [2.45, 2.75) is 32.4 Å². The summed E-state index contributed by atoms with van der Waals surface area (Å²) in [5.41, 5.74) is 4.02. The van der Waals surface area contributed by atoms with Crippen LogP contribution in [0.25, 0.3) is 0 Å². The van der Waals surface area contributed by atoms with Gasteiger partial charge in [-0.1, -0.05) is 23.2 Å². The van der Waals surface area contributed by atoms with Crippen molar-refractivity contribution >= 4 is 40.5 Å². The van der Waals surface area contributed by atoms with Gasteiger partial charge >= 0.3 is 0 Å². The first kappa shape index (κ1) is 28.5. The van der Waals surface area contributed by atoms with Gasteiger partial charge in [-0.15, -0.1) is 0 Å². The van der Waals surface area contributed by atoms with E-state index in [-0.39, 0.29) is 6.61 Å². The largest absolute Gasteiger partial charge is 0.495 e. The third-order valence-electron chi connectivity index (χ3n) is 7.60. The Balaban J connectivity index is 1.17. The fourth-order valence-electron chi connectivity index (χ4n) is 5.41. The number of ether oxygens (including phenoxy) is 3. The number of piperazine rings is 1. The van der Waals surface area contributed by atoms with E-state index in [9.17, 15) is 0 Å². The molecule has 1 aromatic heterocycles. The number of rotatable bonds is 9. The van der Waals surface area contributed by atoms with Gasteiger partial charge in [0.1, 0.15) is 18.1 Å². The van der Waals surface area contributed by atoms with Crippen LogP contribution in [-0.4, -0.2) is 74.4 Å². The van der Waals surface area contributed by atoms with E-state index in [4.69, 9.17) is 37.4 Å². The number of benzene rings is 2. The number of piperidine rings is 1. The van der Waals surface area contributed by atoms with E-state index < -0.39 is 0 Å². The van der Waals surface area contributed by atoms with Crippen LogP contribution in [-0.2, 0) is 6.61 Å². The van der Waals surface area contributed by atoms with Gasteiger partial charge in [0.25, 0.3) is 0 Å². The van der Waals surface area contributed by atoms with Gasteiger partial charge in [0.2, 0.25) is 5.95 Å². The van der Waals surface area contributed by atoms with Crippen LogP contribution in [0.2, 0.25) is 10.0 Å². The van der Waals surface area contributed by atoms with E-state index >= 15 is 0 Å². The first-order chi connectivity index (χ1) is 19.5. The number of anilines is 3. The zero-order chi connectivity index (χ0) is 28.1. The molecule has 0 spiro atoms. The Kier molecular flexibility index (Phi) is 9.36. The van der Waals surface area contributed by atoms with Crippen molar-refractivity contribution in [2.75, 3.05) is 63.7 Å². The van der Waals surface area contributed by atoms with E-state index in [1.807, 2.05) is 0 Å². The van der Waals surface area contributed by atoms with Crippen molar-refractivity contribution in [1.82, 2.24) is 20.2 Å². The van der Waals surface area contributed by atoms with Crippen molar-refractivity contribution in [3.8, 4) is 17.2 Å². The molecule has 214 valence electrons. The Bertz CT molecular complexity index is 1270. The van der Waals surface area contributed by atoms with E-state index in [2.05, 4.69) is 55.5 Å². The lowest BCUT2D eigenvalue weighted by Gasteiger charge is -2.41. The van der Waals surface area contributed by atoms with Crippen LogP contribution in [0.15, 0.2) is 36.7 Å². The molecule has 2 saturated heterocycles. The topological polar surface area (TPSA) is 84.0 Å². The standard InChI is InChI=1S/C29H36Cl2N6O3/c1-19-14-20(4-5-24(19)37-10-6-21(7-11-37)36-12-8-32-9-13-36)35-29-33-16-22(17-34-29)40-18-23-27(30)25(38-2)15-26(39-3)28(23)31/h4-5,14-17,21,32H,6-13,18H2,1-3H3,(H,33,34,35). The number of nitrogens with zero attached hydrogens (tertiary/aromatic N) is 4. The number of hydrogen-bond acceptors (Lipinski definition) is 9. The molecule has 3 heterocycles. The summed E-state index contributed by atoms with van der Waals surface area (Å²) in [6.45, 7) is 8.99. The monoisotopic (exact) mass is 586 g/mol. The first-order valence-electron chi connectivity index (χ1n) is 13.6. The lowest BCUT2D eigenvalue weighted by atomic mass is 10.0. The molecule has 2 N–H and O–H groups in total. The molecule has 0 aliphatic carbocycles. The maximum absolute atomic E-state index is 6.44. The second-order valence-corrected chi connectivity index (χ2v) is 10.8. The van der Waals surface area contributed by atoms with E-state index in [1.54, 1.807) is 18.5 Å². The number of aryl methyl sites for hydroxylation is 1. The van der Waals surface area contributed by atoms with Gasteiger partial charge in [0.05, 0.1) is 36.7 Å². The molecule has 2 fully saturated rings. The Morgan fingerprint density at radius 1 is 0.950 bits per heavy atom. The lowest BCUT2D eigenvalue weighted by molar-refractivity contribution is 0.150. The van der Waals surface area contributed by atoms with Gasteiger partial charge in [0, 0.05) is 68.3 Å². The molecule has 0 unspecified atom stereocenters. The minimum Gasteiger partial charge on any atom is -0.495 e. The minimum atomic E-state index is 0.106. The molecule has 2 aliphatic heterocycles. The van der Waals surface area contributed by atoms with Gasteiger partial charge in [-0.3, -0.25) is 4.90 Å². The van der Waals surface area contributed by atoms with Crippen molar-refractivity contribution < 1.29 is 14.2 Å². The summed E-state index contributed by atoms with van der Waals surface area (Å²) < 4.78 is 16.5. The predicted molar refractivity (Wildman–Crippen MR) is 160 cm³/mol. The molecule has 40 heavy (non-hydrogen) atoms. The summed E-state index contributed by atoms with van der Waals surface area (Å²) in [4.78, 5) is 14.0. The van der Waals surface area contributed by atoms with Gasteiger partial charge in [-0.05, 0) is 43.5 Å². The van der Waals surface area contributed by atoms with E-state index in [0.29, 0.717) is 44.8 Å². The highest BCUT2D eigenvalue weighted by Crippen LogP contribution is 2.40. The molecule has 0 bridgehead atoms. The molecule has 9 nitrogen and oxygen atoms in total. The maximum Gasteiger partial charge on any atom is 0.227 e. The Morgan fingerprint density at radius 2 is 1.60 bits per heavy atom. The molecule has 0 radical (unpaired) electrons. The minimum absolute atomic E-state index is 0.106. The Morgan fingerprint density at radius 3 is 2.20 bits per heavy atom. The van der Waals surface area contributed by atoms with Crippen LogP contribution in [0.5, 0.6) is 17.2 Å². The van der Waals surface area contributed by atoms with E-state index in [0.717, 1.165) is 31.9 Å². The van der Waals surface area contributed by atoms with Crippen LogP contribution < -0.4 is 29.7 Å². The zero-order valence-corrected chi connectivity index (χ0v) is 24.7. The smallest absolute Gasteiger partial charge is 0.227 e. The molecular weight excluding hydrogens is 551 g/mol. The molecule has 0 amide bonds. The second-order valence-electron chi connectivity index (χ2n) is 10.0. The predicted octanol–water partition coefficient (Wildman–Crippen LogP) is 5.31. The van der Waals surface area contributed by atoms with Crippen LogP contribution >= 0.6 is 23.2 Å². The van der Waals surface area contributed by atoms with Gasteiger partial charge in [-0.2, -0.15) is 0 Å². The van der Waals surface area contributed by atoms with Crippen LogP contribution in [0.1, 0.15) is 24.0 Å². The van der Waals surface area contributed by atoms with Crippen LogP contribution in [0, 0.1) is 6.92 Å². The highest BCUT2D eigenvalue weighted by atomic mass is 35.5. The lowest BCUT2D eigenvalue weighted by Crippen LogP contribution is -2.52. The van der Waals surface area contributed by atoms with Crippen molar-refractivity contribution in [3.05, 3.63) is 57.8 Å². The third kappa shape index (κ3) is 6.49. The summed E-state index contributed by atoms with van der Waals surface area (Å²) in [5.74, 6) is 1.88. The summed E-state index contributed by atoms with van der Waals surface area (Å²) in [5, 5.41) is 7.49. The first-order valence-corrected chi connectivity index (χ1v) is 14.3. The summed E-state index contributed by atoms with van der Waals surface area (Å²) >= 11 is 12.9. The fourth-order valence-corrected chi connectivity index (χ4v) is 6.02. The zero-order valence-electron chi connectivity index (χ0n) is 23.2. The molecule has 2 aromatic carbocycles. The molecule has 2 aliphatic rings. The normalized spacial score (nSPS) is 16.6. The van der Waals surface area contributed by atoms with E-state index in [1.165, 1.54) is 51.4 Å². The number of aromatic nitrogens is 2. The average Bonchev–Trinajstić information content (AvgIpc) is 2.99. The van der Waals surface area contributed by atoms with Crippen molar-refractivity contribution in [1.29, 1.82) is 0 Å². The second kappa shape index (κ2) is 13.1. The van der Waals surface area contributed by atoms with Gasteiger partial charge in [-0.25, -0.2) is 9.97 Å².